The predicted molar refractivity (Wildman–Crippen MR) is 108 cm³/mol. The van der Waals surface area contributed by atoms with Crippen LogP contribution >= 0.6 is 0 Å². The summed E-state index contributed by atoms with van der Waals surface area (Å²) in [7, 11) is 0. The monoisotopic (exact) mass is 396 g/mol. The summed E-state index contributed by atoms with van der Waals surface area (Å²) in [5.74, 6) is 1.15. The zero-order valence-corrected chi connectivity index (χ0v) is 16.1. The first-order chi connectivity index (χ1) is 14.2. The van der Waals surface area contributed by atoms with Crippen LogP contribution in [0.1, 0.15) is 28.8 Å². The highest BCUT2D eigenvalue weighted by molar-refractivity contribution is 5.98. The van der Waals surface area contributed by atoms with Crippen molar-refractivity contribution in [2.45, 2.75) is 25.4 Å². The van der Waals surface area contributed by atoms with Gasteiger partial charge in [-0.05, 0) is 55.2 Å². The van der Waals surface area contributed by atoms with Crippen LogP contribution in [0.25, 0.3) is 0 Å². The predicted octanol–water partition coefficient (Wildman–Crippen LogP) is 2.55. The van der Waals surface area contributed by atoms with Gasteiger partial charge in [-0.25, -0.2) is 0 Å². The molecule has 1 saturated heterocycles. The Morgan fingerprint density at radius 2 is 1.86 bits per heavy atom. The van der Waals surface area contributed by atoms with Crippen molar-refractivity contribution in [2.75, 3.05) is 31.7 Å². The Morgan fingerprint density at radius 1 is 1.00 bits per heavy atom. The summed E-state index contributed by atoms with van der Waals surface area (Å²) >= 11 is 0. The number of hydrogen-bond donors (Lipinski definition) is 2. The minimum atomic E-state index is -0.404. The summed E-state index contributed by atoms with van der Waals surface area (Å²) in [5, 5.41) is 5.74. The van der Waals surface area contributed by atoms with Gasteiger partial charge in [-0.1, -0.05) is 12.1 Å². The zero-order chi connectivity index (χ0) is 20.1. The molecule has 4 rings (SSSR count). The van der Waals surface area contributed by atoms with E-state index in [1.807, 2.05) is 18.2 Å². The smallest absolute Gasteiger partial charge is 0.253 e. The number of hydrogen-bond acceptors (Lipinski definition) is 5. The van der Waals surface area contributed by atoms with Crippen LogP contribution in [-0.2, 0) is 16.0 Å². The van der Waals surface area contributed by atoms with Gasteiger partial charge in [0.25, 0.3) is 11.8 Å². The first-order valence-corrected chi connectivity index (χ1v) is 9.88. The van der Waals surface area contributed by atoms with E-state index in [0.29, 0.717) is 44.0 Å². The van der Waals surface area contributed by atoms with Crippen LogP contribution < -0.4 is 20.1 Å². The fourth-order valence-corrected chi connectivity index (χ4v) is 3.41. The molecule has 7 heteroatoms. The standard InChI is InChI=1S/C22H24N2O5/c25-21(23-9-8-15-6-7-18-20(13-15)29-12-11-28-18)16-3-1-4-17(14-16)24-22(26)19-5-2-10-27-19/h1,3-4,6-7,13-14,19H,2,5,8-12H2,(H,23,25)(H,24,26)/t19-/m1/s1. The van der Waals surface area contributed by atoms with Gasteiger partial charge in [-0.15, -0.1) is 0 Å². The van der Waals surface area contributed by atoms with Crippen LogP contribution in [-0.4, -0.2) is 44.3 Å². The Kier molecular flexibility index (Phi) is 5.95. The molecule has 1 atom stereocenters. The highest BCUT2D eigenvalue weighted by Gasteiger charge is 2.23. The van der Waals surface area contributed by atoms with Gasteiger partial charge >= 0.3 is 0 Å². The molecule has 2 aromatic carbocycles. The van der Waals surface area contributed by atoms with Crippen molar-refractivity contribution in [1.29, 1.82) is 0 Å². The van der Waals surface area contributed by atoms with E-state index in [2.05, 4.69) is 10.6 Å². The molecule has 7 nitrogen and oxygen atoms in total. The molecule has 2 heterocycles. The number of ether oxygens (including phenoxy) is 3. The van der Waals surface area contributed by atoms with Gasteiger partial charge < -0.3 is 24.8 Å². The SMILES string of the molecule is O=C(NCCc1ccc2c(c1)OCCO2)c1cccc(NC(=O)[C@H]2CCCO2)c1. The quantitative estimate of drug-likeness (QED) is 0.784. The lowest BCUT2D eigenvalue weighted by Gasteiger charge is -2.18. The van der Waals surface area contributed by atoms with Gasteiger partial charge in [-0.2, -0.15) is 0 Å². The van der Waals surface area contributed by atoms with E-state index < -0.39 is 6.10 Å². The van der Waals surface area contributed by atoms with E-state index in [-0.39, 0.29) is 11.8 Å². The van der Waals surface area contributed by atoms with Crippen LogP contribution in [0.3, 0.4) is 0 Å². The van der Waals surface area contributed by atoms with Crippen molar-refractivity contribution in [2.24, 2.45) is 0 Å². The normalized spacial score (nSPS) is 17.6. The summed E-state index contributed by atoms with van der Waals surface area (Å²) in [6.45, 7) is 2.22. The van der Waals surface area contributed by atoms with E-state index in [1.165, 1.54) is 0 Å². The van der Waals surface area contributed by atoms with Gasteiger partial charge in [0.05, 0.1) is 0 Å². The fraction of sp³-hybridized carbons (Fsp3) is 0.364. The lowest BCUT2D eigenvalue weighted by atomic mass is 10.1. The van der Waals surface area contributed by atoms with Gasteiger partial charge in [0, 0.05) is 24.4 Å². The molecule has 29 heavy (non-hydrogen) atoms. The Bertz CT molecular complexity index is 893. The maximum atomic E-state index is 12.5. The van der Waals surface area contributed by atoms with E-state index in [9.17, 15) is 9.59 Å². The Balaban J connectivity index is 1.30. The molecule has 1 fully saturated rings. The van der Waals surface area contributed by atoms with E-state index in [0.717, 1.165) is 29.9 Å². The second-order valence-electron chi connectivity index (χ2n) is 7.06. The number of benzene rings is 2. The number of carbonyl (C=O) groups is 2. The second kappa shape index (κ2) is 8.96. The molecule has 152 valence electrons. The molecule has 0 spiro atoms. The number of amides is 2. The number of fused-ring (bicyclic) bond motifs is 1. The summed E-state index contributed by atoms with van der Waals surface area (Å²) in [5.41, 5.74) is 2.15. The maximum absolute atomic E-state index is 12.5. The van der Waals surface area contributed by atoms with Crippen molar-refractivity contribution in [1.82, 2.24) is 5.32 Å². The van der Waals surface area contributed by atoms with Crippen molar-refractivity contribution in [3.8, 4) is 11.5 Å². The number of rotatable bonds is 6. The lowest BCUT2D eigenvalue weighted by molar-refractivity contribution is -0.124. The van der Waals surface area contributed by atoms with Gasteiger partial charge in [-0.3, -0.25) is 9.59 Å². The minimum Gasteiger partial charge on any atom is -0.486 e. The molecule has 2 amide bonds. The molecule has 0 aromatic heterocycles. The minimum absolute atomic E-state index is 0.168. The summed E-state index contributed by atoms with van der Waals surface area (Å²) < 4.78 is 16.5. The van der Waals surface area contributed by atoms with Crippen molar-refractivity contribution in [3.05, 3.63) is 53.6 Å². The third-order valence-corrected chi connectivity index (χ3v) is 4.92. The maximum Gasteiger partial charge on any atom is 0.253 e. The largest absolute Gasteiger partial charge is 0.486 e. The molecule has 2 aliphatic heterocycles. The molecule has 0 saturated carbocycles. The highest BCUT2D eigenvalue weighted by Crippen LogP contribution is 2.30. The molecule has 2 N–H and O–H groups in total. The molecule has 2 aliphatic rings. The first kappa shape index (κ1) is 19.3. The second-order valence-corrected chi connectivity index (χ2v) is 7.06. The summed E-state index contributed by atoms with van der Waals surface area (Å²) in [6, 6.07) is 12.7. The highest BCUT2D eigenvalue weighted by atomic mass is 16.6. The van der Waals surface area contributed by atoms with Gasteiger partial charge in [0.1, 0.15) is 19.3 Å². The molecule has 0 radical (unpaired) electrons. The third-order valence-electron chi connectivity index (χ3n) is 4.92. The van der Waals surface area contributed by atoms with Crippen LogP contribution in [0.2, 0.25) is 0 Å². The first-order valence-electron chi connectivity index (χ1n) is 9.88. The van der Waals surface area contributed by atoms with Crippen molar-refractivity contribution < 1.29 is 23.8 Å². The Labute approximate surface area is 169 Å². The zero-order valence-electron chi connectivity index (χ0n) is 16.1. The average molecular weight is 396 g/mol. The Morgan fingerprint density at radius 3 is 2.69 bits per heavy atom. The third kappa shape index (κ3) is 4.86. The van der Waals surface area contributed by atoms with Crippen LogP contribution in [0.15, 0.2) is 42.5 Å². The van der Waals surface area contributed by atoms with Gasteiger partial charge in [0.15, 0.2) is 11.5 Å². The van der Waals surface area contributed by atoms with E-state index in [1.54, 1.807) is 24.3 Å². The number of carbonyl (C=O) groups excluding carboxylic acids is 2. The van der Waals surface area contributed by atoms with Crippen molar-refractivity contribution >= 4 is 17.5 Å². The molecule has 0 unspecified atom stereocenters. The molecular weight excluding hydrogens is 372 g/mol. The molecule has 0 bridgehead atoms. The topological polar surface area (TPSA) is 85.9 Å². The van der Waals surface area contributed by atoms with Crippen LogP contribution in [0, 0.1) is 0 Å². The average Bonchev–Trinajstić information content (AvgIpc) is 3.29. The summed E-state index contributed by atoms with van der Waals surface area (Å²) in [6.07, 6.45) is 1.90. The molecule has 0 aliphatic carbocycles. The van der Waals surface area contributed by atoms with Crippen molar-refractivity contribution in [3.63, 3.8) is 0 Å². The van der Waals surface area contributed by atoms with Crippen LogP contribution in [0.4, 0.5) is 5.69 Å². The number of anilines is 1. The lowest BCUT2D eigenvalue weighted by Crippen LogP contribution is -2.28. The van der Waals surface area contributed by atoms with Crippen LogP contribution in [0.5, 0.6) is 11.5 Å². The molecular formula is C22H24N2O5. The van der Waals surface area contributed by atoms with E-state index in [4.69, 9.17) is 14.2 Å². The van der Waals surface area contributed by atoms with Gasteiger partial charge in [0.2, 0.25) is 0 Å². The fourth-order valence-electron chi connectivity index (χ4n) is 3.41. The number of nitrogens with one attached hydrogen (secondary N) is 2. The molecule has 2 aromatic rings. The summed E-state index contributed by atoms with van der Waals surface area (Å²) in [4.78, 5) is 24.6. The Hall–Kier alpha value is -3.06. The van der Waals surface area contributed by atoms with E-state index >= 15 is 0 Å².